The fraction of sp³-hybridized carbons (Fsp3) is 1.00. The van der Waals surface area contributed by atoms with Crippen molar-refractivity contribution in [1.29, 1.82) is 0 Å². The summed E-state index contributed by atoms with van der Waals surface area (Å²) in [4.78, 5) is 2.54. The first-order valence-electron chi connectivity index (χ1n) is 7.88. The van der Waals surface area contributed by atoms with Crippen LogP contribution in [0.2, 0.25) is 0 Å². The van der Waals surface area contributed by atoms with Crippen molar-refractivity contribution < 1.29 is 9.84 Å². The Labute approximate surface area is 110 Å². The number of nitrogens with zero attached hydrogens (tertiary/aromatic N) is 1. The van der Waals surface area contributed by atoms with Crippen LogP contribution in [-0.2, 0) is 4.74 Å². The van der Waals surface area contributed by atoms with Gasteiger partial charge in [-0.15, -0.1) is 0 Å². The first-order chi connectivity index (χ1) is 8.84. The Bertz CT molecular complexity index is 263. The standard InChI is InChI=1S/C15H27NO2/c17-15(12-6-3-1-2-4-7-12)14-10-16-9-5-8-13(16)11-18-14/h12-15,17H,1-11H2. The molecule has 3 atom stereocenters. The molecule has 2 heterocycles. The van der Waals surface area contributed by atoms with Crippen LogP contribution in [0.1, 0.15) is 51.4 Å². The maximum Gasteiger partial charge on any atom is 0.0963 e. The summed E-state index contributed by atoms with van der Waals surface area (Å²) in [6.45, 7) is 3.01. The van der Waals surface area contributed by atoms with Crippen LogP contribution in [0.5, 0.6) is 0 Å². The van der Waals surface area contributed by atoms with Crippen molar-refractivity contribution in [3.63, 3.8) is 0 Å². The predicted molar refractivity (Wildman–Crippen MR) is 71.5 cm³/mol. The summed E-state index contributed by atoms with van der Waals surface area (Å²) in [5, 5.41) is 10.6. The largest absolute Gasteiger partial charge is 0.390 e. The van der Waals surface area contributed by atoms with E-state index in [1.165, 1.54) is 57.9 Å². The third-order valence-corrected chi connectivity index (χ3v) is 5.18. The lowest BCUT2D eigenvalue weighted by molar-refractivity contribution is -0.119. The molecule has 104 valence electrons. The molecule has 3 unspecified atom stereocenters. The predicted octanol–water partition coefficient (Wildman–Crippen LogP) is 2.18. The molecule has 0 aromatic heterocycles. The highest BCUT2D eigenvalue weighted by atomic mass is 16.5. The smallest absolute Gasteiger partial charge is 0.0963 e. The number of morpholine rings is 1. The van der Waals surface area contributed by atoms with E-state index in [0.29, 0.717) is 12.0 Å². The van der Waals surface area contributed by atoms with Gasteiger partial charge in [0.05, 0.1) is 18.8 Å². The van der Waals surface area contributed by atoms with Crippen LogP contribution < -0.4 is 0 Å². The molecule has 1 saturated carbocycles. The van der Waals surface area contributed by atoms with Crippen LogP contribution >= 0.6 is 0 Å². The number of rotatable bonds is 2. The monoisotopic (exact) mass is 253 g/mol. The van der Waals surface area contributed by atoms with E-state index in [1.807, 2.05) is 0 Å². The second-order valence-electron chi connectivity index (χ2n) is 6.41. The zero-order chi connectivity index (χ0) is 12.4. The SMILES string of the molecule is OC(C1CCCCCC1)C1CN2CCCC2CO1. The minimum absolute atomic E-state index is 0.0717. The van der Waals surface area contributed by atoms with E-state index in [-0.39, 0.29) is 12.2 Å². The third-order valence-electron chi connectivity index (χ3n) is 5.18. The quantitative estimate of drug-likeness (QED) is 0.766. The maximum atomic E-state index is 10.6. The average Bonchev–Trinajstić information content (AvgIpc) is 2.69. The molecule has 3 aliphatic rings. The summed E-state index contributed by atoms with van der Waals surface area (Å²) in [5.41, 5.74) is 0. The summed E-state index contributed by atoms with van der Waals surface area (Å²) in [6, 6.07) is 0.641. The van der Waals surface area contributed by atoms with E-state index in [2.05, 4.69) is 4.90 Å². The van der Waals surface area contributed by atoms with Crippen LogP contribution in [0.3, 0.4) is 0 Å². The van der Waals surface area contributed by atoms with Gasteiger partial charge in [0.2, 0.25) is 0 Å². The molecule has 3 heteroatoms. The van der Waals surface area contributed by atoms with Gasteiger partial charge in [0.1, 0.15) is 0 Å². The Kier molecular flexibility index (Phi) is 4.22. The van der Waals surface area contributed by atoms with Gasteiger partial charge in [0.25, 0.3) is 0 Å². The topological polar surface area (TPSA) is 32.7 Å². The van der Waals surface area contributed by atoms with Crippen LogP contribution in [0.4, 0.5) is 0 Å². The molecule has 0 bridgehead atoms. The lowest BCUT2D eigenvalue weighted by Gasteiger charge is -2.39. The van der Waals surface area contributed by atoms with Crippen LogP contribution in [0, 0.1) is 5.92 Å². The van der Waals surface area contributed by atoms with E-state index in [0.717, 1.165) is 13.2 Å². The van der Waals surface area contributed by atoms with Crippen LogP contribution in [-0.4, -0.2) is 48.0 Å². The van der Waals surface area contributed by atoms with E-state index in [1.54, 1.807) is 0 Å². The molecule has 3 rings (SSSR count). The third kappa shape index (κ3) is 2.73. The summed E-state index contributed by atoms with van der Waals surface area (Å²) < 4.78 is 5.96. The molecule has 0 radical (unpaired) electrons. The highest BCUT2D eigenvalue weighted by molar-refractivity contribution is 4.89. The highest BCUT2D eigenvalue weighted by Gasteiger charge is 2.37. The number of aliphatic hydroxyl groups excluding tert-OH is 1. The fourth-order valence-electron chi connectivity index (χ4n) is 4.01. The molecular weight excluding hydrogens is 226 g/mol. The number of aliphatic hydroxyl groups is 1. The summed E-state index contributed by atoms with van der Waals surface area (Å²) in [7, 11) is 0. The summed E-state index contributed by atoms with van der Waals surface area (Å²) in [6.07, 6.45) is 10.1. The molecule has 3 fully saturated rings. The second-order valence-corrected chi connectivity index (χ2v) is 6.41. The number of fused-ring (bicyclic) bond motifs is 1. The van der Waals surface area contributed by atoms with Crippen molar-refractivity contribution in [2.24, 2.45) is 5.92 Å². The molecule has 0 spiro atoms. The van der Waals surface area contributed by atoms with Gasteiger partial charge in [-0.1, -0.05) is 25.7 Å². The second kappa shape index (κ2) is 5.89. The zero-order valence-electron chi connectivity index (χ0n) is 11.4. The van der Waals surface area contributed by atoms with E-state index < -0.39 is 0 Å². The number of hydrogen-bond donors (Lipinski definition) is 1. The van der Waals surface area contributed by atoms with Crippen molar-refractivity contribution in [2.45, 2.75) is 69.6 Å². The molecule has 0 aromatic rings. The van der Waals surface area contributed by atoms with Gasteiger partial charge in [-0.05, 0) is 38.1 Å². The van der Waals surface area contributed by atoms with E-state index >= 15 is 0 Å². The molecular formula is C15H27NO2. The van der Waals surface area contributed by atoms with E-state index in [9.17, 15) is 5.11 Å². The Balaban J connectivity index is 1.56. The summed E-state index contributed by atoms with van der Waals surface area (Å²) >= 11 is 0. The maximum absolute atomic E-state index is 10.6. The number of hydrogen-bond acceptors (Lipinski definition) is 3. The fourth-order valence-corrected chi connectivity index (χ4v) is 4.01. The van der Waals surface area contributed by atoms with Gasteiger partial charge in [0, 0.05) is 12.6 Å². The Hall–Kier alpha value is -0.120. The molecule has 2 aliphatic heterocycles. The van der Waals surface area contributed by atoms with Crippen molar-refractivity contribution in [1.82, 2.24) is 4.90 Å². The minimum atomic E-state index is -0.232. The van der Waals surface area contributed by atoms with Crippen molar-refractivity contribution in [3.05, 3.63) is 0 Å². The Morgan fingerprint density at radius 1 is 1.00 bits per heavy atom. The Morgan fingerprint density at radius 3 is 2.56 bits per heavy atom. The molecule has 2 saturated heterocycles. The molecule has 3 nitrogen and oxygen atoms in total. The van der Waals surface area contributed by atoms with Crippen LogP contribution in [0.25, 0.3) is 0 Å². The van der Waals surface area contributed by atoms with Crippen molar-refractivity contribution >= 4 is 0 Å². The van der Waals surface area contributed by atoms with E-state index in [4.69, 9.17) is 4.74 Å². The minimum Gasteiger partial charge on any atom is -0.390 e. The summed E-state index contributed by atoms with van der Waals surface area (Å²) in [5.74, 6) is 0.483. The van der Waals surface area contributed by atoms with Gasteiger partial charge in [0.15, 0.2) is 0 Å². The molecule has 0 amide bonds. The van der Waals surface area contributed by atoms with Crippen molar-refractivity contribution in [2.75, 3.05) is 19.7 Å². The van der Waals surface area contributed by atoms with Gasteiger partial charge in [-0.3, -0.25) is 4.90 Å². The first kappa shape index (κ1) is 12.9. The van der Waals surface area contributed by atoms with Gasteiger partial charge >= 0.3 is 0 Å². The normalized spacial score (nSPS) is 37.2. The zero-order valence-corrected chi connectivity index (χ0v) is 11.4. The molecule has 18 heavy (non-hydrogen) atoms. The van der Waals surface area contributed by atoms with Crippen molar-refractivity contribution in [3.8, 4) is 0 Å². The highest BCUT2D eigenvalue weighted by Crippen LogP contribution is 2.31. The van der Waals surface area contributed by atoms with Gasteiger partial charge in [-0.25, -0.2) is 0 Å². The molecule has 1 N–H and O–H groups in total. The number of ether oxygens (including phenoxy) is 1. The Morgan fingerprint density at radius 2 is 1.78 bits per heavy atom. The molecule has 1 aliphatic carbocycles. The van der Waals surface area contributed by atoms with Crippen LogP contribution in [0.15, 0.2) is 0 Å². The van der Waals surface area contributed by atoms with Gasteiger partial charge in [-0.2, -0.15) is 0 Å². The first-order valence-corrected chi connectivity index (χ1v) is 7.88. The van der Waals surface area contributed by atoms with Gasteiger partial charge < -0.3 is 9.84 Å². The average molecular weight is 253 g/mol. The lowest BCUT2D eigenvalue weighted by atomic mass is 9.90. The molecule has 0 aromatic carbocycles. The lowest BCUT2D eigenvalue weighted by Crippen LogP contribution is -2.52.